The van der Waals surface area contributed by atoms with Crippen molar-refractivity contribution in [2.75, 3.05) is 0 Å². The monoisotopic (exact) mass is 236 g/mol. The fourth-order valence-corrected chi connectivity index (χ4v) is 2.77. The maximum absolute atomic E-state index is 13.0. The molecule has 17 heavy (non-hydrogen) atoms. The van der Waals surface area contributed by atoms with Gasteiger partial charge in [-0.25, -0.2) is 4.39 Å². The first kappa shape index (κ1) is 12.5. The van der Waals surface area contributed by atoms with E-state index in [0.717, 1.165) is 18.0 Å². The number of nitrogens with one attached hydrogen (secondary N) is 1. The molecule has 0 saturated heterocycles. The van der Waals surface area contributed by atoms with Gasteiger partial charge in [0.25, 0.3) is 0 Å². The third-order valence-electron chi connectivity index (χ3n) is 3.76. The molecule has 1 N–H and O–H groups in total. The highest BCUT2D eigenvalue weighted by molar-refractivity contribution is 5.10. The smallest absolute Gasteiger partial charge is 0.141 e. The van der Waals surface area contributed by atoms with Gasteiger partial charge < -0.3 is 5.32 Å². The number of aromatic nitrogens is 1. The molecule has 0 aliphatic heterocycles. The molecule has 2 rings (SSSR count). The van der Waals surface area contributed by atoms with Crippen LogP contribution in [-0.4, -0.2) is 11.0 Å². The average Bonchev–Trinajstić information content (AvgIpc) is 2.37. The van der Waals surface area contributed by atoms with E-state index in [4.69, 9.17) is 0 Å². The lowest BCUT2D eigenvalue weighted by atomic mass is 9.83. The lowest BCUT2D eigenvalue weighted by Gasteiger charge is -2.31. The van der Waals surface area contributed by atoms with Crippen molar-refractivity contribution in [3.63, 3.8) is 0 Å². The van der Waals surface area contributed by atoms with Crippen LogP contribution in [0.4, 0.5) is 4.39 Å². The Balaban J connectivity index is 1.88. The lowest BCUT2D eigenvalue weighted by Crippen LogP contribution is -2.37. The summed E-state index contributed by atoms with van der Waals surface area (Å²) in [4.78, 5) is 3.87. The van der Waals surface area contributed by atoms with Gasteiger partial charge in [-0.3, -0.25) is 4.98 Å². The van der Waals surface area contributed by atoms with Gasteiger partial charge >= 0.3 is 0 Å². The van der Waals surface area contributed by atoms with E-state index < -0.39 is 0 Å². The van der Waals surface area contributed by atoms with Gasteiger partial charge in [0.2, 0.25) is 0 Å². The minimum absolute atomic E-state index is 0.250. The lowest BCUT2D eigenvalue weighted by molar-refractivity contribution is 0.254. The maximum Gasteiger partial charge on any atom is 0.141 e. The molecule has 0 spiro atoms. The highest BCUT2D eigenvalue weighted by Gasteiger charge is 2.22. The fourth-order valence-electron chi connectivity index (χ4n) is 2.77. The second kappa shape index (κ2) is 6.10. The molecular formula is C14H21FN2. The van der Waals surface area contributed by atoms with Crippen molar-refractivity contribution in [2.45, 2.75) is 51.6 Å². The van der Waals surface area contributed by atoms with Crippen LogP contribution in [0.15, 0.2) is 18.5 Å². The first-order valence-corrected chi connectivity index (χ1v) is 6.62. The Morgan fingerprint density at radius 2 is 2.18 bits per heavy atom. The zero-order valence-electron chi connectivity index (χ0n) is 10.5. The van der Waals surface area contributed by atoms with Crippen molar-refractivity contribution >= 4 is 0 Å². The highest BCUT2D eigenvalue weighted by atomic mass is 19.1. The van der Waals surface area contributed by atoms with Gasteiger partial charge in [0.15, 0.2) is 0 Å². The van der Waals surface area contributed by atoms with Gasteiger partial charge in [-0.15, -0.1) is 0 Å². The van der Waals surface area contributed by atoms with Crippen molar-refractivity contribution in [1.82, 2.24) is 10.3 Å². The van der Waals surface area contributed by atoms with Gasteiger partial charge in [0, 0.05) is 18.8 Å². The minimum Gasteiger partial charge on any atom is -0.310 e. The number of hydrogen-bond donors (Lipinski definition) is 1. The number of nitrogens with zero attached hydrogens (tertiary/aromatic N) is 1. The largest absolute Gasteiger partial charge is 0.310 e. The van der Waals surface area contributed by atoms with Crippen molar-refractivity contribution in [1.29, 1.82) is 0 Å². The van der Waals surface area contributed by atoms with Crippen molar-refractivity contribution in [3.05, 3.63) is 29.8 Å². The molecule has 0 bridgehead atoms. The van der Waals surface area contributed by atoms with Crippen LogP contribution in [0, 0.1) is 11.7 Å². The number of halogens is 1. The predicted molar refractivity (Wildman–Crippen MR) is 67.1 cm³/mol. The van der Waals surface area contributed by atoms with Crippen LogP contribution in [0.1, 0.15) is 44.6 Å². The highest BCUT2D eigenvalue weighted by Crippen LogP contribution is 2.26. The van der Waals surface area contributed by atoms with Gasteiger partial charge in [-0.05, 0) is 30.4 Å². The summed E-state index contributed by atoms with van der Waals surface area (Å²) in [5.74, 6) is 0.533. The van der Waals surface area contributed by atoms with Crippen LogP contribution >= 0.6 is 0 Å². The van der Waals surface area contributed by atoms with E-state index in [2.05, 4.69) is 17.2 Å². The normalized spacial score (nSPS) is 24.8. The number of hydrogen-bond acceptors (Lipinski definition) is 2. The fraction of sp³-hybridized carbons (Fsp3) is 0.643. The first-order valence-electron chi connectivity index (χ1n) is 6.62. The summed E-state index contributed by atoms with van der Waals surface area (Å²) in [5.41, 5.74) is 0.936. The van der Waals surface area contributed by atoms with E-state index in [-0.39, 0.29) is 5.82 Å². The maximum atomic E-state index is 13.0. The Morgan fingerprint density at radius 3 is 2.94 bits per heavy atom. The van der Waals surface area contributed by atoms with Crippen molar-refractivity contribution < 1.29 is 4.39 Å². The zero-order chi connectivity index (χ0) is 12.1. The summed E-state index contributed by atoms with van der Waals surface area (Å²) in [6, 6.07) is 2.15. The van der Waals surface area contributed by atoms with Crippen LogP contribution < -0.4 is 5.32 Å². The molecule has 2 atom stereocenters. The Kier molecular flexibility index (Phi) is 4.49. The van der Waals surface area contributed by atoms with Crippen LogP contribution in [-0.2, 0) is 6.54 Å². The minimum atomic E-state index is -0.250. The van der Waals surface area contributed by atoms with Crippen LogP contribution in [0.2, 0.25) is 0 Å². The molecule has 0 amide bonds. The topological polar surface area (TPSA) is 24.9 Å². The van der Waals surface area contributed by atoms with Gasteiger partial charge in [0.05, 0.1) is 6.20 Å². The molecule has 0 aromatic carbocycles. The van der Waals surface area contributed by atoms with Gasteiger partial charge in [-0.2, -0.15) is 0 Å². The summed E-state index contributed by atoms with van der Waals surface area (Å²) in [6.07, 6.45) is 9.47. The molecule has 1 aromatic rings. The summed E-state index contributed by atoms with van der Waals surface area (Å²) in [7, 11) is 0. The predicted octanol–water partition coefficient (Wildman–Crippen LogP) is 3.28. The Labute approximate surface area is 103 Å². The van der Waals surface area contributed by atoms with Crippen molar-refractivity contribution in [3.8, 4) is 0 Å². The summed E-state index contributed by atoms with van der Waals surface area (Å²) < 4.78 is 13.0. The molecule has 0 radical (unpaired) electrons. The van der Waals surface area contributed by atoms with Gasteiger partial charge in [0.1, 0.15) is 5.82 Å². The molecule has 1 heterocycles. The Hall–Kier alpha value is -0.960. The second-order valence-electron chi connectivity index (χ2n) is 4.95. The molecule has 2 nitrogen and oxygen atoms in total. The molecular weight excluding hydrogens is 215 g/mol. The molecule has 3 heteroatoms. The third-order valence-corrected chi connectivity index (χ3v) is 3.76. The first-order chi connectivity index (χ1) is 8.29. The molecule has 1 saturated carbocycles. The average molecular weight is 236 g/mol. The van der Waals surface area contributed by atoms with Crippen LogP contribution in [0.25, 0.3) is 0 Å². The van der Waals surface area contributed by atoms with E-state index in [1.54, 1.807) is 12.3 Å². The summed E-state index contributed by atoms with van der Waals surface area (Å²) in [5, 5.41) is 3.56. The molecule has 1 fully saturated rings. The van der Waals surface area contributed by atoms with E-state index in [1.165, 1.54) is 38.3 Å². The summed E-state index contributed by atoms with van der Waals surface area (Å²) >= 11 is 0. The van der Waals surface area contributed by atoms with E-state index in [0.29, 0.717) is 6.04 Å². The van der Waals surface area contributed by atoms with Crippen LogP contribution in [0.5, 0.6) is 0 Å². The second-order valence-corrected chi connectivity index (χ2v) is 4.95. The molecule has 1 aliphatic carbocycles. The molecule has 2 unspecified atom stereocenters. The molecule has 1 aliphatic rings. The molecule has 94 valence electrons. The Bertz CT molecular complexity index is 354. The molecule has 1 aromatic heterocycles. The quantitative estimate of drug-likeness (QED) is 0.867. The third kappa shape index (κ3) is 3.50. The Morgan fingerprint density at radius 1 is 1.35 bits per heavy atom. The van der Waals surface area contributed by atoms with E-state index in [9.17, 15) is 4.39 Å². The number of rotatable bonds is 4. The van der Waals surface area contributed by atoms with Crippen LogP contribution in [0.3, 0.4) is 0 Å². The standard InChI is InChI=1S/C14H21FN2/c1-2-12-5-3-4-6-14(12)17-9-11-7-13(15)10-16-8-11/h7-8,10,12,14,17H,2-6,9H2,1H3. The van der Waals surface area contributed by atoms with E-state index in [1.807, 2.05) is 0 Å². The SMILES string of the molecule is CCC1CCCCC1NCc1cncc(F)c1. The van der Waals surface area contributed by atoms with Crippen molar-refractivity contribution in [2.24, 2.45) is 5.92 Å². The van der Waals surface area contributed by atoms with Gasteiger partial charge in [-0.1, -0.05) is 26.2 Å². The number of pyridine rings is 1. The summed E-state index contributed by atoms with van der Waals surface area (Å²) in [6.45, 7) is 2.99. The van der Waals surface area contributed by atoms with E-state index >= 15 is 0 Å². The zero-order valence-corrected chi connectivity index (χ0v) is 10.5.